The van der Waals surface area contributed by atoms with Crippen molar-refractivity contribution in [1.29, 1.82) is 0 Å². The predicted molar refractivity (Wildman–Crippen MR) is 127 cm³/mol. The Morgan fingerprint density at radius 1 is 0.971 bits per heavy atom. The molecule has 0 bridgehead atoms. The Morgan fingerprint density at radius 2 is 1.68 bits per heavy atom. The number of likely N-dealkylation sites (tertiary alicyclic amines) is 1. The average Bonchev–Trinajstić information content (AvgIpc) is 3.09. The Hall–Kier alpha value is -2.94. The van der Waals surface area contributed by atoms with Gasteiger partial charge in [0.25, 0.3) is 0 Å². The zero-order valence-electron chi connectivity index (χ0n) is 19.7. The Kier molecular flexibility index (Phi) is 6.06. The molecule has 182 valence electrons. The van der Waals surface area contributed by atoms with Gasteiger partial charge < -0.3 is 10.6 Å². The van der Waals surface area contributed by atoms with E-state index in [1.165, 1.54) is 4.57 Å². The van der Waals surface area contributed by atoms with Crippen molar-refractivity contribution in [3.63, 3.8) is 0 Å². The van der Waals surface area contributed by atoms with Crippen LogP contribution >= 0.6 is 0 Å². The topological polar surface area (TPSA) is 119 Å². The second kappa shape index (κ2) is 9.02. The van der Waals surface area contributed by atoms with Gasteiger partial charge >= 0.3 is 5.69 Å². The van der Waals surface area contributed by atoms with Gasteiger partial charge in [-0.2, -0.15) is 0 Å². The number of nitrogens with two attached hydrogens (primary N) is 1. The number of carbonyl (C=O) groups is 3. The number of nitrogens with one attached hydrogen (secondary N) is 1. The number of benzene rings is 1. The standard InChI is InChI=1S/C25H33N5O4/c1-28-21-14-17(4-7-19(21)30(25(28)34)20-8-9-22(31)27-23(20)32)15-10-12-29(13-11-15)24(33)16-2-5-18(26)6-3-16/h4,7,14-16,18,20H,2-3,5-6,8-13,26H2,1H3,(H,27,31,32)/t16-,18-,20?. The van der Waals surface area contributed by atoms with Gasteiger partial charge in [0.15, 0.2) is 0 Å². The molecule has 0 spiro atoms. The van der Waals surface area contributed by atoms with Crippen molar-refractivity contribution in [1.82, 2.24) is 19.4 Å². The lowest BCUT2D eigenvalue weighted by Crippen LogP contribution is -2.44. The molecule has 0 radical (unpaired) electrons. The van der Waals surface area contributed by atoms with Crippen LogP contribution in [0.3, 0.4) is 0 Å². The van der Waals surface area contributed by atoms with Gasteiger partial charge in [-0.05, 0) is 68.6 Å². The van der Waals surface area contributed by atoms with Crippen molar-refractivity contribution < 1.29 is 14.4 Å². The van der Waals surface area contributed by atoms with Crippen LogP contribution in [0.5, 0.6) is 0 Å². The third-order valence-electron chi connectivity index (χ3n) is 8.03. The van der Waals surface area contributed by atoms with Crippen LogP contribution < -0.4 is 16.7 Å². The van der Waals surface area contributed by atoms with Crippen LogP contribution in [-0.4, -0.2) is 50.9 Å². The number of piperidine rings is 2. The number of imidazole rings is 1. The Morgan fingerprint density at radius 3 is 2.35 bits per heavy atom. The van der Waals surface area contributed by atoms with Crippen LogP contribution in [0.1, 0.15) is 68.9 Å². The van der Waals surface area contributed by atoms with Gasteiger partial charge in [0, 0.05) is 38.5 Å². The Labute approximate surface area is 198 Å². The molecular formula is C25H33N5O4. The van der Waals surface area contributed by atoms with E-state index in [1.54, 1.807) is 11.6 Å². The maximum absolute atomic E-state index is 13.0. The summed E-state index contributed by atoms with van der Waals surface area (Å²) in [5.41, 5.74) is 8.37. The van der Waals surface area contributed by atoms with Crippen molar-refractivity contribution in [2.45, 2.75) is 69.4 Å². The SMILES string of the molecule is Cn1c(=O)n(C2CCC(=O)NC2=O)c2ccc(C3CCN(C(=O)[C@H]4CC[C@H](N)CC4)CC3)cc21. The minimum atomic E-state index is -0.677. The summed E-state index contributed by atoms with van der Waals surface area (Å²) >= 11 is 0. The second-order valence-electron chi connectivity index (χ2n) is 10.1. The molecule has 3 N–H and O–H groups in total. The predicted octanol–water partition coefficient (Wildman–Crippen LogP) is 1.54. The van der Waals surface area contributed by atoms with Crippen LogP contribution in [0.25, 0.3) is 11.0 Å². The lowest BCUT2D eigenvalue weighted by atomic mass is 9.84. The minimum Gasteiger partial charge on any atom is -0.342 e. The summed E-state index contributed by atoms with van der Waals surface area (Å²) in [6.45, 7) is 1.50. The highest BCUT2D eigenvalue weighted by atomic mass is 16.2. The Bertz CT molecular complexity index is 1180. The molecule has 3 fully saturated rings. The number of fused-ring (bicyclic) bond motifs is 1. The highest BCUT2D eigenvalue weighted by Crippen LogP contribution is 2.33. The van der Waals surface area contributed by atoms with E-state index in [0.29, 0.717) is 17.9 Å². The molecule has 5 rings (SSSR count). The molecule has 1 unspecified atom stereocenters. The number of hydrogen-bond acceptors (Lipinski definition) is 5. The summed E-state index contributed by atoms with van der Waals surface area (Å²) in [6, 6.07) is 5.56. The van der Waals surface area contributed by atoms with Gasteiger partial charge in [0.05, 0.1) is 11.0 Å². The average molecular weight is 468 g/mol. The molecule has 2 saturated heterocycles. The number of aromatic nitrogens is 2. The Balaban J connectivity index is 1.31. The normalized spacial score (nSPS) is 26.6. The summed E-state index contributed by atoms with van der Waals surface area (Å²) in [7, 11) is 1.72. The van der Waals surface area contributed by atoms with Crippen LogP contribution in [-0.2, 0) is 21.4 Å². The molecular weight excluding hydrogens is 434 g/mol. The smallest absolute Gasteiger partial charge is 0.329 e. The maximum atomic E-state index is 13.0. The molecule has 3 heterocycles. The van der Waals surface area contributed by atoms with Gasteiger partial charge in [0.1, 0.15) is 6.04 Å². The fraction of sp³-hybridized carbons (Fsp3) is 0.600. The summed E-state index contributed by atoms with van der Waals surface area (Å²) in [4.78, 5) is 51.9. The fourth-order valence-electron chi connectivity index (χ4n) is 5.92. The largest absolute Gasteiger partial charge is 0.342 e. The number of imide groups is 1. The zero-order chi connectivity index (χ0) is 24.0. The summed E-state index contributed by atoms with van der Waals surface area (Å²) in [5.74, 6) is 0.00156. The van der Waals surface area contributed by atoms with E-state index < -0.39 is 11.9 Å². The van der Waals surface area contributed by atoms with Gasteiger partial charge in [-0.1, -0.05) is 6.07 Å². The lowest BCUT2D eigenvalue weighted by molar-refractivity contribution is -0.138. The maximum Gasteiger partial charge on any atom is 0.329 e. The van der Waals surface area contributed by atoms with Gasteiger partial charge in [-0.3, -0.25) is 28.8 Å². The molecule has 9 nitrogen and oxygen atoms in total. The number of rotatable bonds is 3. The van der Waals surface area contributed by atoms with Crippen molar-refractivity contribution in [3.8, 4) is 0 Å². The highest BCUT2D eigenvalue weighted by molar-refractivity contribution is 6.00. The number of nitrogens with zero attached hydrogens (tertiary/aromatic N) is 3. The molecule has 1 aliphatic carbocycles. The molecule has 9 heteroatoms. The highest BCUT2D eigenvalue weighted by Gasteiger charge is 2.33. The van der Waals surface area contributed by atoms with Crippen molar-refractivity contribution in [2.75, 3.05) is 13.1 Å². The van der Waals surface area contributed by atoms with E-state index >= 15 is 0 Å². The van der Waals surface area contributed by atoms with Crippen LogP contribution in [0.15, 0.2) is 23.0 Å². The third kappa shape index (κ3) is 4.06. The summed E-state index contributed by atoms with van der Waals surface area (Å²) < 4.78 is 3.09. The second-order valence-corrected chi connectivity index (χ2v) is 10.1. The van der Waals surface area contributed by atoms with E-state index in [0.717, 1.165) is 62.7 Å². The molecule has 1 saturated carbocycles. The van der Waals surface area contributed by atoms with Crippen molar-refractivity contribution >= 4 is 28.8 Å². The van der Waals surface area contributed by atoms with Crippen molar-refractivity contribution in [2.24, 2.45) is 18.7 Å². The van der Waals surface area contributed by atoms with Crippen molar-refractivity contribution in [3.05, 3.63) is 34.2 Å². The molecule has 1 aromatic heterocycles. The van der Waals surface area contributed by atoms with Crippen LogP contribution in [0.2, 0.25) is 0 Å². The molecule has 1 atom stereocenters. The van der Waals surface area contributed by atoms with E-state index in [9.17, 15) is 19.2 Å². The van der Waals surface area contributed by atoms with Gasteiger partial charge in [0.2, 0.25) is 17.7 Å². The summed E-state index contributed by atoms with van der Waals surface area (Å²) in [5, 5.41) is 2.35. The van der Waals surface area contributed by atoms with E-state index in [-0.39, 0.29) is 35.9 Å². The van der Waals surface area contributed by atoms with Gasteiger partial charge in [-0.15, -0.1) is 0 Å². The number of carbonyl (C=O) groups excluding carboxylic acids is 3. The lowest BCUT2D eigenvalue weighted by Gasteiger charge is -2.36. The van der Waals surface area contributed by atoms with E-state index in [1.807, 2.05) is 23.1 Å². The first kappa shape index (κ1) is 22.8. The fourth-order valence-corrected chi connectivity index (χ4v) is 5.92. The first-order chi connectivity index (χ1) is 16.3. The number of aryl methyl sites for hydroxylation is 1. The van der Waals surface area contributed by atoms with E-state index in [2.05, 4.69) is 5.32 Å². The number of amides is 3. The molecule has 2 aliphatic heterocycles. The molecule has 3 aliphatic rings. The van der Waals surface area contributed by atoms with E-state index in [4.69, 9.17) is 5.73 Å². The molecule has 1 aromatic carbocycles. The number of hydrogen-bond donors (Lipinski definition) is 2. The zero-order valence-corrected chi connectivity index (χ0v) is 19.7. The summed E-state index contributed by atoms with van der Waals surface area (Å²) in [6.07, 6.45) is 6.00. The first-order valence-electron chi connectivity index (χ1n) is 12.4. The monoisotopic (exact) mass is 467 g/mol. The third-order valence-corrected chi connectivity index (χ3v) is 8.03. The molecule has 3 amide bonds. The minimum absolute atomic E-state index is 0.120. The quantitative estimate of drug-likeness (QED) is 0.664. The van der Waals surface area contributed by atoms with Crippen LogP contribution in [0.4, 0.5) is 0 Å². The molecule has 34 heavy (non-hydrogen) atoms. The van der Waals surface area contributed by atoms with Crippen LogP contribution in [0, 0.1) is 5.92 Å². The van der Waals surface area contributed by atoms with Gasteiger partial charge in [-0.25, -0.2) is 4.79 Å². The molecule has 2 aromatic rings. The first-order valence-corrected chi connectivity index (χ1v) is 12.4.